The van der Waals surface area contributed by atoms with E-state index in [9.17, 15) is 66.4 Å². The van der Waals surface area contributed by atoms with Crippen LogP contribution < -0.4 is 0 Å². The molecule has 0 radical (unpaired) electrons. The fraction of sp³-hybridized carbons (Fsp3) is 1.00. The van der Waals surface area contributed by atoms with Gasteiger partial charge in [-0.1, -0.05) is 0 Å². The standard InChI is InChI=1S/C25H44O21/c1-39-22-16(36)13(33)19(8(4-28)42-22)45-25-18(38)21(11(31)7(3-27)41-25)46-24-17(37)14(34)20(9(5-29)43-24)44-23-15(35)12(32)10(30)6(2-26)40-23/h6-38H,2-5H2,1H3/t6-,7-,8-,9-,10-,11-,12+,13-,14-,15-,16-,17-,18-,19-,20-,21+,22-,23+,24+,25+/m1/s1. The molecule has 4 saturated heterocycles. The topological polar surface area (TPSA) is 337 Å². The van der Waals surface area contributed by atoms with E-state index >= 15 is 0 Å². The number of hydrogen-bond donors (Lipinski definition) is 13. The van der Waals surface area contributed by atoms with Gasteiger partial charge >= 0.3 is 0 Å². The molecule has 0 aromatic carbocycles. The monoisotopic (exact) mass is 680 g/mol. The molecule has 0 amide bonds. The highest BCUT2D eigenvalue weighted by Gasteiger charge is 2.55. The van der Waals surface area contributed by atoms with Crippen LogP contribution in [0.4, 0.5) is 0 Å². The van der Waals surface area contributed by atoms with Crippen molar-refractivity contribution in [3.63, 3.8) is 0 Å². The normalized spacial score (nSPS) is 52.0. The van der Waals surface area contributed by atoms with Crippen LogP contribution in [0.1, 0.15) is 0 Å². The van der Waals surface area contributed by atoms with E-state index in [-0.39, 0.29) is 0 Å². The lowest BCUT2D eigenvalue weighted by atomic mass is 9.95. The highest BCUT2D eigenvalue weighted by molar-refractivity contribution is 4.97. The Morgan fingerprint density at radius 3 is 1.17 bits per heavy atom. The molecule has 4 heterocycles. The van der Waals surface area contributed by atoms with E-state index in [2.05, 4.69) is 0 Å². The van der Waals surface area contributed by atoms with Gasteiger partial charge in [-0.25, -0.2) is 0 Å². The van der Waals surface area contributed by atoms with Crippen molar-refractivity contribution in [1.29, 1.82) is 0 Å². The molecule has 4 aliphatic rings. The van der Waals surface area contributed by atoms with Crippen molar-refractivity contribution in [2.45, 2.75) is 123 Å². The van der Waals surface area contributed by atoms with E-state index < -0.39 is 149 Å². The molecule has 0 bridgehead atoms. The molecule has 4 aliphatic heterocycles. The number of aliphatic hydroxyl groups is 13. The molecule has 270 valence electrons. The molecule has 0 aromatic rings. The molecule has 4 rings (SSSR count). The molecule has 21 heteroatoms. The van der Waals surface area contributed by atoms with E-state index in [1.807, 2.05) is 0 Å². The molecule has 13 N–H and O–H groups in total. The molecule has 4 fully saturated rings. The van der Waals surface area contributed by atoms with Crippen LogP contribution in [0.15, 0.2) is 0 Å². The van der Waals surface area contributed by atoms with Gasteiger partial charge in [0.05, 0.1) is 26.4 Å². The van der Waals surface area contributed by atoms with Crippen LogP contribution in [0.2, 0.25) is 0 Å². The summed E-state index contributed by atoms with van der Waals surface area (Å²) in [5.41, 5.74) is 0. The first-order valence-electron chi connectivity index (χ1n) is 14.5. The third-order valence-corrected chi connectivity index (χ3v) is 8.42. The average Bonchev–Trinajstić information content (AvgIpc) is 3.05. The summed E-state index contributed by atoms with van der Waals surface area (Å²) < 4.78 is 43.2. The Hall–Kier alpha value is -0.840. The number of rotatable bonds is 11. The Morgan fingerprint density at radius 2 is 0.717 bits per heavy atom. The number of aliphatic hydroxyl groups excluding tert-OH is 13. The summed E-state index contributed by atoms with van der Waals surface area (Å²) >= 11 is 0. The summed E-state index contributed by atoms with van der Waals surface area (Å²) in [7, 11) is 1.18. The predicted octanol–water partition coefficient (Wildman–Crippen LogP) is -9.09. The summed E-state index contributed by atoms with van der Waals surface area (Å²) in [5.74, 6) is 0. The average molecular weight is 681 g/mol. The number of ether oxygens (including phenoxy) is 8. The minimum atomic E-state index is -2.04. The molecule has 0 unspecified atom stereocenters. The van der Waals surface area contributed by atoms with Crippen LogP contribution in [0.25, 0.3) is 0 Å². The van der Waals surface area contributed by atoms with Crippen molar-refractivity contribution < 1.29 is 104 Å². The summed E-state index contributed by atoms with van der Waals surface area (Å²) in [5, 5.41) is 134. The van der Waals surface area contributed by atoms with Gasteiger partial charge in [0.25, 0.3) is 0 Å². The molecule has 0 aliphatic carbocycles. The zero-order chi connectivity index (χ0) is 34.0. The molecule has 0 spiro atoms. The molecule has 46 heavy (non-hydrogen) atoms. The van der Waals surface area contributed by atoms with Crippen molar-refractivity contribution in [3.05, 3.63) is 0 Å². The maximum atomic E-state index is 11.1. The first kappa shape index (κ1) is 38.0. The largest absolute Gasteiger partial charge is 0.394 e. The maximum Gasteiger partial charge on any atom is 0.187 e. The van der Waals surface area contributed by atoms with E-state index in [4.69, 9.17) is 37.9 Å². The SMILES string of the molecule is CO[C@@H]1O[C@H](CO)[C@@H](O[C@@H]2O[C@H](CO)[C@@H](O)[C@H](O[C@@H]3O[C@H](CO)[C@@H](O[C@@H]4O[C@H](CO)[C@@H](O)[C@H](O)[C@H]4O)[C@H](O)[C@H]3O)[C@H]2O)[C@H](O)[C@H]1O. The molecular formula is C25H44O21. The van der Waals surface area contributed by atoms with Crippen molar-refractivity contribution in [1.82, 2.24) is 0 Å². The van der Waals surface area contributed by atoms with Crippen molar-refractivity contribution >= 4 is 0 Å². The van der Waals surface area contributed by atoms with Gasteiger partial charge in [0.1, 0.15) is 97.7 Å². The Balaban J connectivity index is 1.48. The fourth-order valence-electron chi connectivity index (χ4n) is 5.72. The Kier molecular flexibility index (Phi) is 13.4. The van der Waals surface area contributed by atoms with Crippen LogP contribution in [0.5, 0.6) is 0 Å². The summed E-state index contributed by atoms with van der Waals surface area (Å²) in [4.78, 5) is 0. The second-order valence-corrected chi connectivity index (χ2v) is 11.4. The van der Waals surface area contributed by atoms with E-state index in [0.29, 0.717) is 0 Å². The van der Waals surface area contributed by atoms with E-state index in [1.54, 1.807) is 0 Å². The van der Waals surface area contributed by atoms with Gasteiger partial charge in [-0.3, -0.25) is 0 Å². The lowest BCUT2D eigenvalue weighted by molar-refractivity contribution is -0.389. The smallest absolute Gasteiger partial charge is 0.187 e. The van der Waals surface area contributed by atoms with Gasteiger partial charge in [0.15, 0.2) is 25.2 Å². The van der Waals surface area contributed by atoms with Crippen LogP contribution in [0.3, 0.4) is 0 Å². The van der Waals surface area contributed by atoms with Crippen molar-refractivity contribution in [2.24, 2.45) is 0 Å². The number of methoxy groups -OCH3 is 1. The lowest BCUT2D eigenvalue weighted by Gasteiger charge is -2.49. The highest BCUT2D eigenvalue weighted by atomic mass is 16.8. The molecule has 0 saturated carbocycles. The Bertz CT molecular complexity index is 928. The first-order valence-corrected chi connectivity index (χ1v) is 14.5. The molecule has 20 atom stereocenters. The second kappa shape index (κ2) is 16.2. The van der Waals surface area contributed by atoms with Gasteiger partial charge in [0, 0.05) is 7.11 Å². The summed E-state index contributed by atoms with van der Waals surface area (Å²) in [6, 6.07) is 0. The first-order chi connectivity index (χ1) is 21.8. The van der Waals surface area contributed by atoms with Gasteiger partial charge < -0.3 is 104 Å². The quantitative estimate of drug-likeness (QED) is 0.0963. The zero-order valence-electron chi connectivity index (χ0n) is 24.5. The summed E-state index contributed by atoms with van der Waals surface area (Å²) in [6.07, 6.45) is -34.3. The highest BCUT2D eigenvalue weighted by Crippen LogP contribution is 2.34. The van der Waals surface area contributed by atoms with E-state index in [0.717, 1.165) is 0 Å². The third-order valence-electron chi connectivity index (χ3n) is 8.42. The second-order valence-electron chi connectivity index (χ2n) is 11.4. The third kappa shape index (κ3) is 7.50. The molecular weight excluding hydrogens is 636 g/mol. The van der Waals surface area contributed by atoms with Gasteiger partial charge in [-0.15, -0.1) is 0 Å². The van der Waals surface area contributed by atoms with Gasteiger partial charge in [0.2, 0.25) is 0 Å². The zero-order valence-corrected chi connectivity index (χ0v) is 24.5. The Labute approximate surface area is 261 Å². The minimum absolute atomic E-state index is 0.738. The lowest BCUT2D eigenvalue weighted by Crippen LogP contribution is -2.67. The van der Waals surface area contributed by atoms with Crippen molar-refractivity contribution in [3.8, 4) is 0 Å². The van der Waals surface area contributed by atoms with E-state index in [1.165, 1.54) is 7.11 Å². The Morgan fingerprint density at radius 1 is 0.370 bits per heavy atom. The van der Waals surface area contributed by atoms with Crippen LogP contribution in [-0.4, -0.2) is 223 Å². The van der Waals surface area contributed by atoms with Crippen molar-refractivity contribution in [2.75, 3.05) is 33.5 Å². The molecule has 21 nitrogen and oxygen atoms in total. The maximum absolute atomic E-state index is 11.1. The molecule has 0 aromatic heterocycles. The van der Waals surface area contributed by atoms with Crippen LogP contribution in [0, 0.1) is 0 Å². The fourth-order valence-corrected chi connectivity index (χ4v) is 5.72. The van der Waals surface area contributed by atoms with Gasteiger partial charge in [-0.05, 0) is 0 Å². The predicted molar refractivity (Wildman–Crippen MR) is 139 cm³/mol. The van der Waals surface area contributed by atoms with Crippen LogP contribution in [-0.2, 0) is 37.9 Å². The summed E-state index contributed by atoms with van der Waals surface area (Å²) in [6.45, 7) is -3.28. The minimum Gasteiger partial charge on any atom is -0.394 e. The van der Waals surface area contributed by atoms with Crippen LogP contribution >= 0.6 is 0 Å². The number of hydrogen-bond acceptors (Lipinski definition) is 21. The van der Waals surface area contributed by atoms with Gasteiger partial charge in [-0.2, -0.15) is 0 Å².